The molecular weight excluding hydrogens is 267 g/mol. The number of carbonyl (C=O) groups is 1. The van der Waals surface area contributed by atoms with Crippen LogP contribution in [-0.4, -0.2) is 12.4 Å². The van der Waals surface area contributed by atoms with Gasteiger partial charge in [-0.25, -0.2) is 0 Å². The van der Waals surface area contributed by atoms with Crippen molar-refractivity contribution in [2.75, 3.05) is 6.61 Å². The summed E-state index contributed by atoms with van der Waals surface area (Å²) in [5.74, 6) is 0.598. The van der Waals surface area contributed by atoms with Crippen LogP contribution in [0.5, 0.6) is 5.75 Å². The minimum atomic E-state index is -0.0567. The van der Waals surface area contributed by atoms with Gasteiger partial charge in [0.2, 0.25) is 0 Å². The lowest BCUT2D eigenvalue weighted by Crippen LogP contribution is -1.97. The smallest absolute Gasteiger partial charge is 0.161 e. The monoisotopic (exact) mass is 276 g/mol. The van der Waals surface area contributed by atoms with Crippen molar-refractivity contribution in [1.82, 2.24) is 0 Å². The number of hydrogen-bond donors (Lipinski definition) is 0. The van der Waals surface area contributed by atoms with Crippen molar-refractivity contribution in [2.24, 2.45) is 0 Å². The van der Waals surface area contributed by atoms with Gasteiger partial charge in [0.05, 0.1) is 16.1 Å². The number of hydrogen-bond acceptors (Lipinski definition) is 2. The molecule has 0 saturated heterocycles. The van der Waals surface area contributed by atoms with Crippen molar-refractivity contribution in [2.45, 2.75) is 13.8 Å². The summed E-state index contributed by atoms with van der Waals surface area (Å²) < 4.78 is 6.05. The first-order valence-corrected chi connectivity index (χ1v) is 5.36. The third-order valence-electron chi connectivity index (χ3n) is 1.70. The Morgan fingerprint density at radius 3 is 2.71 bits per heavy atom. The van der Waals surface area contributed by atoms with Gasteiger partial charge >= 0.3 is 0 Å². The number of carbonyl (C=O) groups excluding carboxylic acids is 1. The summed E-state index contributed by atoms with van der Waals surface area (Å²) >= 11 is 9.23. The molecule has 2 nitrogen and oxygen atoms in total. The molecule has 0 aliphatic rings. The molecule has 0 spiro atoms. The molecule has 0 unspecified atom stereocenters. The van der Waals surface area contributed by atoms with Crippen LogP contribution >= 0.6 is 27.5 Å². The van der Waals surface area contributed by atoms with E-state index in [9.17, 15) is 4.79 Å². The zero-order chi connectivity index (χ0) is 10.7. The minimum Gasteiger partial charge on any atom is -0.493 e. The summed E-state index contributed by atoms with van der Waals surface area (Å²) in [4.78, 5) is 11.1. The Labute approximate surface area is 96.3 Å². The van der Waals surface area contributed by atoms with E-state index in [0.29, 0.717) is 22.9 Å². The fourth-order valence-electron chi connectivity index (χ4n) is 1.06. The van der Waals surface area contributed by atoms with Crippen LogP contribution in [0.4, 0.5) is 0 Å². The number of Topliss-reactive ketones (excluding diaryl/α,β-unsaturated/α-hetero) is 1. The SMILES string of the molecule is CCOc1cc(Cl)c(C(C)=O)cc1Br. The Morgan fingerprint density at radius 1 is 1.57 bits per heavy atom. The molecular formula is C10H10BrClO2. The maximum Gasteiger partial charge on any atom is 0.161 e. The first-order chi connectivity index (χ1) is 6.56. The lowest BCUT2D eigenvalue weighted by Gasteiger charge is -2.08. The zero-order valence-corrected chi connectivity index (χ0v) is 10.3. The van der Waals surface area contributed by atoms with E-state index in [1.54, 1.807) is 12.1 Å². The van der Waals surface area contributed by atoms with Crippen LogP contribution in [0.1, 0.15) is 24.2 Å². The van der Waals surface area contributed by atoms with Gasteiger partial charge in [0, 0.05) is 11.6 Å². The van der Waals surface area contributed by atoms with E-state index in [1.807, 2.05) is 6.92 Å². The number of benzene rings is 1. The Hall–Kier alpha value is -0.540. The predicted octanol–water partition coefficient (Wildman–Crippen LogP) is 3.70. The van der Waals surface area contributed by atoms with Gasteiger partial charge < -0.3 is 4.74 Å². The lowest BCUT2D eigenvalue weighted by atomic mass is 10.1. The molecule has 0 aliphatic carbocycles. The number of ether oxygens (including phenoxy) is 1. The first-order valence-electron chi connectivity index (χ1n) is 4.19. The summed E-state index contributed by atoms with van der Waals surface area (Å²) in [6.45, 7) is 3.93. The van der Waals surface area contributed by atoms with Crippen LogP contribution in [0.25, 0.3) is 0 Å². The molecule has 1 aromatic carbocycles. The van der Waals surface area contributed by atoms with E-state index in [1.165, 1.54) is 6.92 Å². The van der Waals surface area contributed by atoms with Crippen LogP contribution in [0.15, 0.2) is 16.6 Å². The Kier molecular flexibility index (Phi) is 3.96. The van der Waals surface area contributed by atoms with Crippen LogP contribution in [0.2, 0.25) is 5.02 Å². The average Bonchev–Trinajstić information content (AvgIpc) is 2.10. The van der Waals surface area contributed by atoms with E-state index < -0.39 is 0 Å². The molecule has 14 heavy (non-hydrogen) atoms. The quantitative estimate of drug-likeness (QED) is 0.787. The van der Waals surface area contributed by atoms with Gasteiger partial charge in [-0.05, 0) is 35.8 Å². The Morgan fingerprint density at radius 2 is 2.21 bits per heavy atom. The molecule has 0 saturated carbocycles. The van der Waals surface area contributed by atoms with Crippen LogP contribution < -0.4 is 4.74 Å². The van der Waals surface area contributed by atoms with Crippen LogP contribution in [0, 0.1) is 0 Å². The largest absolute Gasteiger partial charge is 0.493 e. The third-order valence-corrected chi connectivity index (χ3v) is 2.63. The summed E-state index contributed by atoms with van der Waals surface area (Å²) in [6.07, 6.45) is 0. The summed E-state index contributed by atoms with van der Waals surface area (Å²) in [5, 5.41) is 0.421. The van der Waals surface area contributed by atoms with Gasteiger partial charge in [0.25, 0.3) is 0 Å². The Balaban J connectivity index is 3.17. The topological polar surface area (TPSA) is 26.3 Å². The standard InChI is InChI=1S/C10H10BrClO2/c1-3-14-10-5-9(12)7(6(2)13)4-8(10)11/h4-5H,3H2,1-2H3. The van der Waals surface area contributed by atoms with E-state index in [0.717, 1.165) is 4.47 Å². The number of rotatable bonds is 3. The summed E-state index contributed by atoms with van der Waals surface area (Å²) in [5.41, 5.74) is 0.502. The first kappa shape index (κ1) is 11.5. The number of halogens is 2. The van der Waals surface area contributed by atoms with Gasteiger partial charge in [0.1, 0.15) is 5.75 Å². The molecule has 1 aromatic rings. The molecule has 0 heterocycles. The van der Waals surface area contributed by atoms with E-state index >= 15 is 0 Å². The molecule has 0 fully saturated rings. The van der Waals surface area contributed by atoms with Crippen molar-refractivity contribution in [3.8, 4) is 5.75 Å². The second kappa shape index (κ2) is 4.80. The summed E-state index contributed by atoms with van der Waals surface area (Å²) in [7, 11) is 0. The second-order valence-electron chi connectivity index (χ2n) is 2.75. The van der Waals surface area contributed by atoms with Gasteiger partial charge in [0.15, 0.2) is 5.78 Å². The van der Waals surface area contributed by atoms with E-state index in [-0.39, 0.29) is 5.78 Å². The van der Waals surface area contributed by atoms with Crippen LogP contribution in [0.3, 0.4) is 0 Å². The molecule has 0 aromatic heterocycles. The number of ketones is 1. The maximum absolute atomic E-state index is 11.1. The zero-order valence-electron chi connectivity index (χ0n) is 7.93. The predicted molar refractivity (Wildman–Crippen MR) is 60.3 cm³/mol. The molecule has 0 N–H and O–H groups in total. The van der Waals surface area contributed by atoms with E-state index in [4.69, 9.17) is 16.3 Å². The molecule has 0 atom stereocenters. The molecule has 0 aliphatic heterocycles. The maximum atomic E-state index is 11.1. The Bertz CT molecular complexity index is 363. The fourth-order valence-corrected chi connectivity index (χ4v) is 1.81. The molecule has 0 bridgehead atoms. The normalized spacial score (nSPS) is 10.0. The second-order valence-corrected chi connectivity index (χ2v) is 4.01. The highest BCUT2D eigenvalue weighted by molar-refractivity contribution is 9.10. The highest BCUT2D eigenvalue weighted by Crippen LogP contribution is 2.31. The molecule has 1 rings (SSSR count). The van der Waals surface area contributed by atoms with Crippen LogP contribution in [-0.2, 0) is 0 Å². The van der Waals surface area contributed by atoms with Gasteiger partial charge in [-0.15, -0.1) is 0 Å². The van der Waals surface area contributed by atoms with Gasteiger partial charge in [-0.3, -0.25) is 4.79 Å². The van der Waals surface area contributed by atoms with Crippen molar-refractivity contribution < 1.29 is 9.53 Å². The van der Waals surface area contributed by atoms with Crippen molar-refractivity contribution >= 4 is 33.3 Å². The van der Waals surface area contributed by atoms with Crippen molar-refractivity contribution in [3.63, 3.8) is 0 Å². The van der Waals surface area contributed by atoms with E-state index in [2.05, 4.69) is 15.9 Å². The molecule has 0 amide bonds. The van der Waals surface area contributed by atoms with Crippen molar-refractivity contribution in [3.05, 3.63) is 27.2 Å². The molecule has 0 radical (unpaired) electrons. The fraction of sp³-hybridized carbons (Fsp3) is 0.300. The highest BCUT2D eigenvalue weighted by Gasteiger charge is 2.10. The highest BCUT2D eigenvalue weighted by atomic mass is 79.9. The minimum absolute atomic E-state index is 0.0567. The summed E-state index contributed by atoms with van der Waals surface area (Å²) in [6, 6.07) is 3.32. The molecule has 76 valence electrons. The van der Waals surface area contributed by atoms with Gasteiger partial charge in [-0.1, -0.05) is 11.6 Å². The van der Waals surface area contributed by atoms with Gasteiger partial charge in [-0.2, -0.15) is 0 Å². The third kappa shape index (κ3) is 2.49. The van der Waals surface area contributed by atoms with Crippen molar-refractivity contribution in [1.29, 1.82) is 0 Å². The molecule has 4 heteroatoms. The average molecular weight is 278 g/mol. The lowest BCUT2D eigenvalue weighted by molar-refractivity contribution is 0.101.